The first-order valence-corrected chi connectivity index (χ1v) is 8.32. The van der Waals surface area contributed by atoms with E-state index in [0.717, 1.165) is 36.3 Å². The molecule has 3 heteroatoms. The van der Waals surface area contributed by atoms with Gasteiger partial charge in [-0.3, -0.25) is 0 Å². The van der Waals surface area contributed by atoms with Crippen LogP contribution in [0.4, 0.5) is 0 Å². The molecule has 2 nitrogen and oxygen atoms in total. The first kappa shape index (κ1) is 13.7. The van der Waals surface area contributed by atoms with E-state index in [0.29, 0.717) is 6.04 Å². The van der Waals surface area contributed by atoms with Crippen molar-refractivity contribution in [3.63, 3.8) is 0 Å². The summed E-state index contributed by atoms with van der Waals surface area (Å²) in [6.07, 6.45) is 6.24. The molecule has 1 saturated carbocycles. The van der Waals surface area contributed by atoms with Crippen LogP contribution in [0.25, 0.3) is 0 Å². The van der Waals surface area contributed by atoms with E-state index < -0.39 is 5.60 Å². The Hall–Kier alpha value is 0.270. The third-order valence-corrected chi connectivity index (χ3v) is 5.78. The van der Waals surface area contributed by atoms with Gasteiger partial charge in [0, 0.05) is 18.3 Å². The molecule has 0 radical (unpaired) electrons. The fourth-order valence-corrected chi connectivity index (χ4v) is 4.57. The average molecular weight is 257 g/mol. The molecule has 1 saturated heterocycles. The number of hydrogen-bond acceptors (Lipinski definition) is 3. The van der Waals surface area contributed by atoms with Crippen molar-refractivity contribution in [2.75, 3.05) is 18.1 Å². The van der Waals surface area contributed by atoms with E-state index in [1.165, 1.54) is 25.7 Å². The summed E-state index contributed by atoms with van der Waals surface area (Å²) in [5.74, 6) is 3.75. The van der Waals surface area contributed by atoms with Crippen molar-refractivity contribution in [2.24, 2.45) is 11.8 Å². The molecule has 0 aromatic rings. The first-order valence-electron chi connectivity index (χ1n) is 7.16. The van der Waals surface area contributed by atoms with Crippen LogP contribution < -0.4 is 5.32 Å². The molecule has 4 atom stereocenters. The van der Waals surface area contributed by atoms with Gasteiger partial charge in [-0.25, -0.2) is 0 Å². The highest BCUT2D eigenvalue weighted by Gasteiger charge is 2.34. The van der Waals surface area contributed by atoms with Crippen LogP contribution >= 0.6 is 11.8 Å². The summed E-state index contributed by atoms with van der Waals surface area (Å²) < 4.78 is 0. The van der Waals surface area contributed by atoms with Gasteiger partial charge in [0.25, 0.3) is 0 Å². The molecule has 0 amide bonds. The molecule has 2 fully saturated rings. The molecule has 2 rings (SSSR count). The van der Waals surface area contributed by atoms with Crippen molar-refractivity contribution in [1.29, 1.82) is 0 Å². The monoisotopic (exact) mass is 257 g/mol. The topological polar surface area (TPSA) is 32.3 Å². The van der Waals surface area contributed by atoms with E-state index in [2.05, 4.69) is 19.2 Å². The summed E-state index contributed by atoms with van der Waals surface area (Å²) in [6, 6.07) is 0.644. The zero-order valence-electron chi connectivity index (χ0n) is 11.2. The van der Waals surface area contributed by atoms with Crippen LogP contribution in [-0.4, -0.2) is 34.8 Å². The van der Waals surface area contributed by atoms with Crippen molar-refractivity contribution in [3.8, 4) is 0 Å². The van der Waals surface area contributed by atoms with Gasteiger partial charge in [-0.2, -0.15) is 11.8 Å². The minimum atomic E-state index is -0.425. The highest BCUT2D eigenvalue weighted by Crippen LogP contribution is 2.32. The third kappa shape index (κ3) is 3.62. The van der Waals surface area contributed by atoms with E-state index in [1.54, 1.807) is 0 Å². The van der Waals surface area contributed by atoms with Gasteiger partial charge in [-0.05, 0) is 43.3 Å². The highest BCUT2D eigenvalue weighted by molar-refractivity contribution is 7.99. The number of aliphatic hydroxyl groups is 1. The van der Waals surface area contributed by atoms with Crippen LogP contribution in [0.3, 0.4) is 0 Å². The number of hydrogen-bond donors (Lipinski definition) is 2. The van der Waals surface area contributed by atoms with Gasteiger partial charge >= 0.3 is 0 Å². The van der Waals surface area contributed by atoms with Gasteiger partial charge in [-0.15, -0.1) is 0 Å². The lowest BCUT2D eigenvalue weighted by atomic mass is 9.77. The lowest BCUT2D eigenvalue weighted by Crippen LogP contribution is -2.48. The lowest BCUT2D eigenvalue weighted by molar-refractivity contribution is 0.0573. The Balaban J connectivity index is 1.81. The molecule has 1 aliphatic heterocycles. The first-order chi connectivity index (χ1) is 8.13. The summed E-state index contributed by atoms with van der Waals surface area (Å²) >= 11 is 1.88. The molecule has 0 bridgehead atoms. The predicted octanol–water partition coefficient (Wildman–Crippen LogP) is 2.66. The maximum Gasteiger partial charge on any atom is 0.0869 e. The largest absolute Gasteiger partial charge is 0.388 e. The molecule has 0 aromatic carbocycles. The average Bonchev–Trinajstić information content (AvgIpc) is 2.75. The van der Waals surface area contributed by atoms with E-state index >= 15 is 0 Å². The molecule has 17 heavy (non-hydrogen) atoms. The highest BCUT2D eigenvalue weighted by atomic mass is 32.2. The van der Waals surface area contributed by atoms with Crippen molar-refractivity contribution >= 4 is 11.8 Å². The molecule has 1 heterocycles. The summed E-state index contributed by atoms with van der Waals surface area (Å²) in [6.45, 7) is 5.48. The lowest BCUT2D eigenvalue weighted by Gasteiger charge is -2.36. The number of rotatable bonds is 4. The Morgan fingerprint density at radius 3 is 2.88 bits per heavy atom. The van der Waals surface area contributed by atoms with Crippen LogP contribution in [0.1, 0.15) is 46.0 Å². The zero-order valence-corrected chi connectivity index (χ0v) is 12.1. The smallest absolute Gasteiger partial charge is 0.0869 e. The molecule has 4 unspecified atom stereocenters. The number of thioether (sulfide) groups is 1. The van der Waals surface area contributed by atoms with Crippen LogP contribution in [-0.2, 0) is 0 Å². The molecule has 2 N–H and O–H groups in total. The Labute approximate surface area is 110 Å². The molecular weight excluding hydrogens is 230 g/mol. The Bertz CT molecular complexity index is 240. The van der Waals surface area contributed by atoms with Gasteiger partial charge in [0.1, 0.15) is 0 Å². The van der Waals surface area contributed by atoms with Crippen molar-refractivity contribution in [2.45, 2.75) is 57.6 Å². The fraction of sp³-hybridized carbons (Fsp3) is 1.00. The van der Waals surface area contributed by atoms with E-state index in [-0.39, 0.29) is 0 Å². The van der Waals surface area contributed by atoms with E-state index in [9.17, 15) is 5.11 Å². The van der Waals surface area contributed by atoms with Gasteiger partial charge in [0.15, 0.2) is 0 Å². The summed E-state index contributed by atoms with van der Waals surface area (Å²) in [4.78, 5) is 0. The second kappa shape index (κ2) is 5.94. The van der Waals surface area contributed by atoms with Gasteiger partial charge in [0.05, 0.1) is 5.60 Å². The predicted molar refractivity (Wildman–Crippen MR) is 75.5 cm³/mol. The standard InChI is InChI=1S/C14H27NOS/c1-3-12-8-11(2)4-5-13(12)15-9-14(16)6-7-17-10-14/h11-13,15-16H,3-10H2,1-2H3. The normalized spacial score (nSPS) is 42.9. The Kier molecular flexibility index (Phi) is 4.79. The molecule has 100 valence electrons. The summed E-state index contributed by atoms with van der Waals surface area (Å²) in [5.41, 5.74) is -0.425. The zero-order chi connectivity index (χ0) is 12.3. The van der Waals surface area contributed by atoms with Crippen molar-refractivity contribution in [1.82, 2.24) is 5.32 Å². The van der Waals surface area contributed by atoms with E-state index in [4.69, 9.17) is 0 Å². The summed E-state index contributed by atoms with van der Waals surface area (Å²) in [7, 11) is 0. The molecular formula is C14H27NOS. The number of nitrogens with one attached hydrogen (secondary N) is 1. The fourth-order valence-electron chi connectivity index (χ4n) is 3.28. The van der Waals surface area contributed by atoms with Crippen LogP contribution in [0.5, 0.6) is 0 Å². The molecule has 1 aliphatic carbocycles. The van der Waals surface area contributed by atoms with Gasteiger partial charge in [0.2, 0.25) is 0 Å². The third-order valence-electron chi connectivity index (χ3n) is 4.54. The molecule has 0 aromatic heterocycles. The van der Waals surface area contributed by atoms with Gasteiger partial charge in [-0.1, -0.05) is 20.3 Å². The second-order valence-corrected chi connectivity index (χ2v) is 7.21. The minimum Gasteiger partial charge on any atom is -0.388 e. The SMILES string of the molecule is CCC1CC(C)CCC1NCC1(O)CCSC1. The van der Waals surface area contributed by atoms with Crippen LogP contribution in [0, 0.1) is 11.8 Å². The molecule has 0 spiro atoms. The maximum atomic E-state index is 10.3. The minimum absolute atomic E-state index is 0.425. The maximum absolute atomic E-state index is 10.3. The second-order valence-electron chi connectivity index (χ2n) is 6.10. The van der Waals surface area contributed by atoms with Crippen LogP contribution in [0.2, 0.25) is 0 Å². The van der Waals surface area contributed by atoms with Crippen molar-refractivity contribution in [3.05, 3.63) is 0 Å². The Morgan fingerprint density at radius 2 is 2.24 bits per heavy atom. The van der Waals surface area contributed by atoms with Crippen LogP contribution in [0.15, 0.2) is 0 Å². The Morgan fingerprint density at radius 1 is 1.41 bits per heavy atom. The van der Waals surface area contributed by atoms with E-state index in [1.807, 2.05) is 11.8 Å². The van der Waals surface area contributed by atoms with Gasteiger partial charge < -0.3 is 10.4 Å². The van der Waals surface area contributed by atoms with Crippen molar-refractivity contribution < 1.29 is 5.11 Å². The summed E-state index contributed by atoms with van der Waals surface area (Å²) in [5, 5.41) is 14.0. The molecule has 2 aliphatic rings. The quantitative estimate of drug-likeness (QED) is 0.812.